The van der Waals surface area contributed by atoms with E-state index in [4.69, 9.17) is 0 Å². The predicted molar refractivity (Wildman–Crippen MR) is 104 cm³/mol. The van der Waals surface area contributed by atoms with Gasteiger partial charge < -0.3 is 15.2 Å². The molecule has 2 heterocycles. The first-order valence-electron chi connectivity index (χ1n) is 9.85. The van der Waals surface area contributed by atoms with Gasteiger partial charge in [0.2, 0.25) is 0 Å². The van der Waals surface area contributed by atoms with Gasteiger partial charge >= 0.3 is 0 Å². The first kappa shape index (κ1) is 17.8. The van der Waals surface area contributed by atoms with Crippen LogP contribution in [0.5, 0.6) is 0 Å². The van der Waals surface area contributed by atoms with E-state index in [1.807, 2.05) is 28.8 Å². The number of hydrogen-bond acceptors (Lipinski definition) is 3. The van der Waals surface area contributed by atoms with Gasteiger partial charge in [-0.1, -0.05) is 32.0 Å². The summed E-state index contributed by atoms with van der Waals surface area (Å²) in [6.45, 7) is 4.93. The van der Waals surface area contributed by atoms with Crippen molar-refractivity contribution in [2.45, 2.75) is 64.5 Å². The van der Waals surface area contributed by atoms with Crippen LogP contribution in [0.25, 0.3) is 0 Å². The summed E-state index contributed by atoms with van der Waals surface area (Å²) in [5.74, 6) is 0.237. The molecule has 6 nitrogen and oxygen atoms in total. The molecule has 2 aliphatic rings. The van der Waals surface area contributed by atoms with Crippen molar-refractivity contribution in [1.82, 2.24) is 14.9 Å². The van der Waals surface area contributed by atoms with Gasteiger partial charge in [0.25, 0.3) is 11.8 Å². The van der Waals surface area contributed by atoms with Gasteiger partial charge in [-0.2, -0.15) is 0 Å². The number of amides is 2. The SMILES string of the molecule is CC(C)c1ccccc1NC(=O)c1nc(C(=O)NC2CC2)c2n1CCCC2. The molecular weight excluding hydrogens is 340 g/mol. The number of aromatic nitrogens is 2. The van der Waals surface area contributed by atoms with Crippen LogP contribution in [0, 0.1) is 0 Å². The van der Waals surface area contributed by atoms with Crippen LogP contribution < -0.4 is 10.6 Å². The van der Waals surface area contributed by atoms with Crippen molar-refractivity contribution >= 4 is 17.5 Å². The second-order valence-corrected chi connectivity index (χ2v) is 7.78. The zero-order valence-electron chi connectivity index (χ0n) is 15.9. The van der Waals surface area contributed by atoms with Crippen LogP contribution in [0.15, 0.2) is 24.3 Å². The lowest BCUT2D eigenvalue weighted by molar-refractivity contribution is 0.0945. The average molecular weight is 366 g/mol. The van der Waals surface area contributed by atoms with E-state index in [-0.39, 0.29) is 17.9 Å². The van der Waals surface area contributed by atoms with E-state index in [1.54, 1.807) is 0 Å². The molecule has 0 radical (unpaired) electrons. The summed E-state index contributed by atoms with van der Waals surface area (Å²) >= 11 is 0. The van der Waals surface area contributed by atoms with E-state index >= 15 is 0 Å². The highest BCUT2D eigenvalue weighted by atomic mass is 16.2. The summed E-state index contributed by atoms with van der Waals surface area (Å²) in [5.41, 5.74) is 3.20. The van der Waals surface area contributed by atoms with Crippen molar-refractivity contribution in [3.8, 4) is 0 Å². The first-order valence-corrected chi connectivity index (χ1v) is 9.85. The summed E-state index contributed by atoms with van der Waals surface area (Å²) in [6.07, 6.45) is 4.86. The third-order valence-corrected chi connectivity index (χ3v) is 5.28. The molecule has 4 rings (SSSR count). The Morgan fingerprint density at radius 1 is 1.15 bits per heavy atom. The summed E-state index contributed by atoms with van der Waals surface area (Å²) in [5, 5.41) is 6.01. The molecule has 142 valence electrons. The van der Waals surface area contributed by atoms with Crippen LogP contribution in [-0.4, -0.2) is 27.4 Å². The molecule has 2 N–H and O–H groups in total. The number of carbonyl (C=O) groups excluding carboxylic acids is 2. The second-order valence-electron chi connectivity index (χ2n) is 7.78. The molecule has 0 saturated heterocycles. The molecule has 1 aromatic carbocycles. The normalized spacial score (nSPS) is 16.1. The van der Waals surface area contributed by atoms with Gasteiger partial charge in [-0.3, -0.25) is 9.59 Å². The van der Waals surface area contributed by atoms with Crippen LogP contribution in [0.2, 0.25) is 0 Å². The van der Waals surface area contributed by atoms with E-state index in [2.05, 4.69) is 29.5 Å². The summed E-state index contributed by atoms with van der Waals surface area (Å²) in [4.78, 5) is 30.1. The maximum atomic E-state index is 13.0. The number of hydrogen-bond donors (Lipinski definition) is 2. The molecule has 1 saturated carbocycles. The lowest BCUT2D eigenvalue weighted by Gasteiger charge is -2.18. The van der Waals surface area contributed by atoms with E-state index < -0.39 is 0 Å². The summed E-state index contributed by atoms with van der Waals surface area (Å²) < 4.78 is 1.93. The molecule has 2 amide bonds. The number of fused-ring (bicyclic) bond motifs is 1. The van der Waals surface area contributed by atoms with E-state index in [0.29, 0.717) is 17.4 Å². The van der Waals surface area contributed by atoms with Crippen molar-refractivity contribution in [1.29, 1.82) is 0 Å². The molecule has 0 unspecified atom stereocenters. The topological polar surface area (TPSA) is 76.0 Å². The highest BCUT2D eigenvalue weighted by Crippen LogP contribution is 2.26. The molecule has 0 spiro atoms. The number of nitrogens with zero attached hydrogens (tertiary/aromatic N) is 2. The standard InChI is InChI=1S/C21H26N4O2/c1-13(2)15-7-3-4-8-16(15)23-21(27)19-24-18(20(26)22-14-10-11-14)17-9-5-6-12-25(17)19/h3-4,7-8,13-14H,5-6,9-12H2,1-2H3,(H,22,26)(H,23,27). The van der Waals surface area contributed by atoms with Crippen molar-refractivity contribution in [3.63, 3.8) is 0 Å². The highest BCUT2D eigenvalue weighted by Gasteiger charge is 2.31. The molecule has 6 heteroatoms. The van der Waals surface area contributed by atoms with Gasteiger partial charge in [0.15, 0.2) is 5.82 Å². The van der Waals surface area contributed by atoms with Crippen molar-refractivity contribution in [2.24, 2.45) is 0 Å². The fourth-order valence-electron chi connectivity index (χ4n) is 3.67. The minimum Gasteiger partial charge on any atom is -0.348 e. The Labute approximate surface area is 159 Å². The number of anilines is 1. The fraction of sp³-hybridized carbons (Fsp3) is 0.476. The third kappa shape index (κ3) is 3.61. The monoisotopic (exact) mass is 366 g/mol. The number of para-hydroxylation sites is 1. The van der Waals surface area contributed by atoms with Gasteiger partial charge in [-0.25, -0.2) is 4.98 Å². The van der Waals surface area contributed by atoms with Crippen molar-refractivity contribution in [2.75, 3.05) is 5.32 Å². The van der Waals surface area contributed by atoms with Gasteiger partial charge in [0, 0.05) is 18.3 Å². The number of carbonyl (C=O) groups is 2. The molecule has 1 aliphatic carbocycles. The Morgan fingerprint density at radius 2 is 1.93 bits per heavy atom. The van der Waals surface area contributed by atoms with Crippen LogP contribution in [0.3, 0.4) is 0 Å². The van der Waals surface area contributed by atoms with Crippen molar-refractivity contribution in [3.05, 3.63) is 47.0 Å². The summed E-state index contributed by atoms with van der Waals surface area (Å²) in [6, 6.07) is 8.09. The molecule has 27 heavy (non-hydrogen) atoms. The molecule has 1 aliphatic heterocycles. The minimum absolute atomic E-state index is 0.148. The van der Waals surface area contributed by atoms with Gasteiger partial charge in [-0.05, 0) is 49.7 Å². The average Bonchev–Trinajstić information content (AvgIpc) is 3.38. The van der Waals surface area contributed by atoms with Gasteiger partial charge in [-0.15, -0.1) is 0 Å². The number of rotatable bonds is 5. The quantitative estimate of drug-likeness (QED) is 0.850. The van der Waals surface area contributed by atoms with Crippen LogP contribution in [-0.2, 0) is 13.0 Å². The highest BCUT2D eigenvalue weighted by molar-refractivity contribution is 6.04. The zero-order valence-corrected chi connectivity index (χ0v) is 15.9. The lowest BCUT2D eigenvalue weighted by Crippen LogP contribution is -2.27. The van der Waals surface area contributed by atoms with Gasteiger partial charge in [0.1, 0.15) is 5.69 Å². The molecule has 1 aromatic heterocycles. The lowest BCUT2D eigenvalue weighted by atomic mass is 10.0. The zero-order chi connectivity index (χ0) is 19.0. The van der Waals surface area contributed by atoms with Gasteiger partial charge in [0.05, 0.1) is 5.69 Å². The van der Waals surface area contributed by atoms with Crippen LogP contribution in [0.1, 0.15) is 77.8 Å². The maximum absolute atomic E-state index is 13.0. The Bertz CT molecular complexity index is 880. The van der Waals surface area contributed by atoms with Crippen LogP contribution >= 0.6 is 0 Å². The third-order valence-electron chi connectivity index (χ3n) is 5.28. The Balaban J connectivity index is 1.64. The maximum Gasteiger partial charge on any atom is 0.291 e. The molecular formula is C21H26N4O2. The van der Waals surface area contributed by atoms with E-state index in [0.717, 1.165) is 55.6 Å². The first-order chi connectivity index (χ1) is 13.0. The largest absolute Gasteiger partial charge is 0.348 e. The van der Waals surface area contributed by atoms with E-state index in [9.17, 15) is 9.59 Å². The molecule has 2 aromatic rings. The fourth-order valence-corrected chi connectivity index (χ4v) is 3.67. The van der Waals surface area contributed by atoms with E-state index in [1.165, 1.54) is 0 Å². The second kappa shape index (κ2) is 7.18. The Morgan fingerprint density at radius 3 is 2.67 bits per heavy atom. The van der Waals surface area contributed by atoms with Crippen LogP contribution in [0.4, 0.5) is 5.69 Å². The number of imidazole rings is 1. The molecule has 0 atom stereocenters. The Kier molecular flexibility index (Phi) is 4.72. The minimum atomic E-state index is -0.253. The molecule has 1 fully saturated rings. The van der Waals surface area contributed by atoms with Crippen molar-refractivity contribution < 1.29 is 9.59 Å². The smallest absolute Gasteiger partial charge is 0.291 e. The number of benzene rings is 1. The predicted octanol–water partition coefficient (Wildman–Crippen LogP) is 3.49. The summed E-state index contributed by atoms with van der Waals surface area (Å²) in [7, 11) is 0. The Hall–Kier alpha value is -2.63. The number of nitrogens with one attached hydrogen (secondary N) is 2. The molecule has 0 bridgehead atoms.